The van der Waals surface area contributed by atoms with E-state index in [1.165, 1.54) is 0 Å². The number of rotatable bonds is 6. The van der Waals surface area contributed by atoms with Gasteiger partial charge in [0.25, 0.3) is 0 Å². The highest BCUT2D eigenvalue weighted by atomic mass is 16.3. The molecule has 1 aromatic carbocycles. The van der Waals surface area contributed by atoms with Crippen LogP contribution in [0.2, 0.25) is 0 Å². The average molecular weight is 275 g/mol. The van der Waals surface area contributed by atoms with Gasteiger partial charge in [0.05, 0.1) is 11.8 Å². The zero-order valence-electron chi connectivity index (χ0n) is 12.1. The molecule has 2 rings (SSSR count). The van der Waals surface area contributed by atoms with Crippen molar-refractivity contribution in [3.8, 4) is 5.69 Å². The maximum absolute atomic E-state index is 9.41. The molecule has 0 amide bonds. The number of hydrogen-bond acceptors (Lipinski definition) is 5. The molecule has 0 aliphatic rings. The number of benzene rings is 1. The molecule has 0 saturated heterocycles. The second-order valence-electron chi connectivity index (χ2n) is 5.22. The van der Waals surface area contributed by atoms with Crippen LogP contribution in [0.1, 0.15) is 38.8 Å². The Bertz CT molecular complexity index is 526. The van der Waals surface area contributed by atoms with Crippen molar-refractivity contribution < 1.29 is 5.11 Å². The SMILES string of the molecule is CC(O)CC(C)NC(C)c1cccc(-n2cnnn2)c1. The lowest BCUT2D eigenvalue weighted by Crippen LogP contribution is -2.31. The molecule has 0 radical (unpaired) electrons. The van der Waals surface area contributed by atoms with E-state index in [1.807, 2.05) is 12.1 Å². The Kier molecular flexibility index (Phi) is 4.81. The summed E-state index contributed by atoms with van der Waals surface area (Å²) in [5.41, 5.74) is 2.10. The first-order chi connectivity index (χ1) is 9.56. The van der Waals surface area contributed by atoms with E-state index in [1.54, 1.807) is 17.9 Å². The monoisotopic (exact) mass is 275 g/mol. The van der Waals surface area contributed by atoms with E-state index in [0.717, 1.165) is 17.7 Å². The molecule has 0 saturated carbocycles. The van der Waals surface area contributed by atoms with Gasteiger partial charge in [-0.15, -0.1) is 5.10 Å². The number of tetrazole rings is 1. The third-order valence-corrected chi connectivity index (χ3v) is 3.21. The molecule has 1 heterocycles. The average Bonchev–Trinajstić information content (AvgIpc) is 2.91. The van der Waals surface area contributed by atoms with Crippen LogP contribution >= 0.6 is 0 Å². The number of aliphatic hydroxyl groups is 1. The van der Waals surface area contributed by atoms with Gasteiger partial charge in [-0.05, 0) is 55.3 Å². The molecule has 3 unspecified atom stereocenters. The molecule has 0 aliphatic carbocycles. The zero-order chi connectivity index (χ0) is 14.5. The van der Waals surface area contributed by atoms with Crippen molar-refractivity contribution in [1.29, 1.82) is 0 Å². The van der Waals surface area contributed by atoms with Crippen molar-refractivity contribution in [2.45, 2.75) is 45.4 Å². The molecule has 2 N–H and O–H groups in total. The molecule has 108 valence electrons. The fourth-order valence-corrected chi connectivity index (χ4v) is 2.32. The summed E-state index contributed by atoms with van der Waals surface area (Å²) in [5, 5.41) is 24.1. The number of aliphatic hydroxyl groups excluding tert-OH is 1. The van der Waals surface area contributed by atoms with Crippen LogP contribution in [0.3, 0.4) is 0 Å². The van der Waals surface area contributed by atoms with E-state index in [4.69, 9.17) is 0 Å². The predicted octanol–water partition coefficient (Wildman–Crippen LogP) is 1.47. The van der Waals surface area contributed by atoms with Crippen LogP contribution < -0.4 is 5.32 Å². The summed E-state index contributed by atoms with van der Waals surface area (Å²) in [6, 6.07) is 8.53. The molecule has 20 heavy (non-hydrogen) atoms. The minimum Gasteiger partial charge on any atom is -0.393 e. The highest BCUT2D eigenvalue weighted by Gasteiger charge is 2.12. The van der Waals surface area contributed by atoms with Crippen molar-refractivity contribution in [2.24, 2.45) is 0 Å². The summed E-state index contributed by atoms with van der Waals surface area (Å²) in [6.45, 7) is 5.99. The second-order valence-corrected chi connectivity index (χ2v) is 5.22. The molecule has 3 atom stereocenters. The van der Waals surface area contributed by atoms with E-state index in [9.17, 15) is 5.11 Å². The van der Waals surface area contributed by atoms with E-state index in [2.05, 4.69) is 46.8 Å². The van der Waals surface area contributed by atoms with Crippen molar-refractivity contribution in [1.82, 2.24) is 25.5 Å². The minimum absolute atomic E-state index is 0.195. The number of nitrogens with zero attached hydrogens (tertiary/aromatic N) is 4. The van der Waals surface area contributed by atoms with Crippen LogP contribution in [0.15, 0.2) is 30.6 Å². The van der Waals surface area contributed by atoms with Gasteiger partial charge < -0.3 is 10.4 Å². The summed E-state index contributed by atoms with van der Waals surface area (Å²) < 4.78 is 1.63. The Labute approximate surface area is 118 Å². The second kappa shape index (κ2) is 6.58. The van der Waals surface area contributed by atoms with Gasteiger partial charge in [0.1, 0.15) is 6.33 Å². The Morgan fingerprint density at radius 2 is 2.10 bits per heavy atom. The maximum atomic E-state index is 9.41. The normalized spacial score (nSPS) is 15.8. The van der Waals surface area contributed by atoms with E-state index >= 15 is 0 Å². The maximum Gasteiger partial charge on any atom is 0.143 e. The first kappa shape index (κ1) is 14.6. The summed E-state index contributed by atoms with van der Waals surface area (Å²) in [6.07, 6.45) is 2.02. The fraction of sp³-hybridized carbons (Fsp3) is 0.500. The van der Waals surface area contributed by atoms with Crippen LogP contribution in [0, 0.1) is 0 Å². The van der Waals surface area contributed by atoms with Gasteiger partial charge >= 0.3 is 0 Å². The highest BCUT2D eigenvalue weighted by molar-refractivity contribution is 5.35. The molecule has 6 heteroatoms. The van der Waals surface area contributed by atoms with E-state index in [-0.39, 0.29) is 18.2 Å². The Balaban J connectivity index is 2.07. The van der Waals surface area contributed by atoms with E-state index in [0.29, 0.717) is 0 Å². The van der Waals surface area contributed by atoms with Crippen molar-refractivity contribution >= 4 is 0 Å². The molecule has 0 bridgehead atoms. The molecule has 1 aromatic heterocycles. The topological polar surface area (TPSA) is 75.9 Å². The fourth-order valence-electron chi connectivity index (χ4n) is 2.32. The summed E-state index contributed by atoms with van der Waals surface area (Å²) >= 11 is 0. The van der Waals surface area contributed by atoms with Gasteiger partial charge in [0.15, 0.2) is 0 Å². The summed E-state index contributed by atoms with van der Waals surface area (Å²) in [4.78, 5) is 0. The molecule has 2 aromatic rings. The van der Waals surface area contributed by atoms with Crippen molar-refractivity contribution in [3.05, 3.63) is 36.2 Å². The van der Waals surface area contributed by atoms with Gasteiger partial charge in [-0.3, -0.25) is 0 Å². The van der Waals surface area contributed by atoms with Crippen LogP contribution in [0.5, 0.6) is 0 Å². The van der Waals surface area contributed by atoms with Gasteiger partial charge in [-0.2, -0.15) is 0 Å². The molecule has 0 spiro atoms. The van der Waals surface area contributed by atoms with Crippen LogP contribution in [-0.2, 0) is 0 Å². The quantitative estimate of drug-likeness (QED) is 0.835. The lowest BCUT2D eigenvalue weighted by molar-refractivity contribution is 0.168. The van der Waals surface area contributed by atoms with Gasteiger partial charge in [0.2, 0.25) is 0 Å². The smallest absolute Gasteiger partial charge is 0.143 e. The standard InChI is InChI=1S/C14H21N5O/c1-10(7-11(2)20)16-12(3)13-5-4-6-14(8-13)19-9-15-17-18-19/h4-6,8-12,16,20H,7H2,1-3H3. The number of hydrogen-bond donors (Lipinski definition) is 2. The van der Waals surface area contributed by atoms with Gasteiger partial charge in [0, 0.05) is 12.1 Å². The zero-order valence-corrected chi connectivity index (χ0v) is 12.1. The van der Waals surface area contributed by atoms with Crippen LogP contribution in [0.25, 0.3) is 5.69 Å². The van der Waals surface area contributed by atoms with E-state index < -0.39 is 0 Å². The van der Waals surface area contributed by atoms with Crippen LogP contribution in [-0.4, -0.2) is 37.5 Å². The summed E-state index contributed by atoms with van der Waals surface area (Å²) in [7, 11) is 0. The Morgan fingerprint density at radius 3 is 2.75 bits per heavy atom. The third kappa shape index (κ3) is 3.85. The highest BCUT2D eigenvalue weighted by Crippen LogP contribution is 2.17. The van der Waals surface area contributed by atoms with Gasteiger partial charge in [-0.25, -0.2) is 4.68 Å². The largest absolute Gasteiger partial charge is 0.393 e. The summed E-state index contributed by atoms with van der Waals surface area (Å²) in [5.74, 6) is 0. The first-order valence-corrected chi connectivity index (χ1v) is 6.83. The molecular weight excluding hydrogens is 254 g/mol. The minimum atomic E-state index is -0.294. The van der Waals surface area contributed by atoms with Gasteiger partial charge in [-0.1, -0.05) is 12.1 Å². The number of nitrogens with one attached hydrogen (secondary N) is 1. The molecule has 0 aliphatic heterocycles. The predicted molar refractivity (Wildman–Crippen MR) is 76.5 cm³/mol. The van der Waals surface area contributed by atoms with Crippen molar-refractivity contribution in [2.75, 3.05) is 0 Å². The first-order valence-electron chi connectivity index (χ1n) is 6.83. The Morgan fingerprint density at radius 1 is 1.30 bits per heavy atom. The molecule has 6 nitrogen and oxygen atoms in total. The third-order valence-electron chi connectivity index (χ3n) is 3.21. The lowest BCUT2D eigenvalue weighted by Gasteiger charge is -2.21. The van der Waals surface area contributed by atoms with Crippen LogP contribution in [0.4, 0.5) is 0 Å². The lowest BCUT2D eigenvalue weighted by atomic mass is 10.1. The Hall–Kier alpha value is -1.79. The molecule has 0 fully saturated rings. The number of aromatic nitrogens is 4. The molecular formula is C14H21N5O. The van der Waals surface area contributed by atoms with Crippen molar-refractivity contribution in [3.63, 3.8) is 0 Å².